The molecule has 0 fully saturated rings. The van der Waals surface area contributed by atoms with E-state index in [2.05, 4.69) is 63.3 Å². The number of hydrogen-bond donors (Lipinski definition) is 0. The highest BCUT2D eigenvalue weighted by atomic mass is 35.5. The number of anilines is 1. The maximum absolute atomic E-state index is 13.2. The molecule has 0 saturated heterocycles. The van der Waals surface area contributed by atoms with E-state index in [9.17, 15) is 4.79 Å². The predicted octanol–water partition coefficient (Wildman–Crippen LogP) is 10.8. The number of allylic oxidation sites excluding steroid dienone is 6. The van der Waals surface area contributed by atoms with E-state index in [0.29, 0.717) is 23.1 Å². The highest BCUT2D eigenvalue weighted by molar-refractivity contribution is 6.35. The average Bonchev–Trinajstić information content (AvgIpc) is 3.03. The van der Waals surface area contributed by atoms with Crippen LogP contribution in [-0.2, 0) is 4.79 Å². The van der Waals surface area contributed by atoms with E-state index in [0.717, 1.165) is 30.8 Å². The Labute approximate surface area is 280 Å². The highest BCUT2D eigenvalue weighted by Gasteiger charge is 2.21. The van der Waals surface area contributed by atoms with E-state index in [1.165, 1.54) is 0 Å². The molecule has 0 radical (unpaired) electrons. The standard InChI is InChI=1S/C29H37Cl2N3O.C4H8.C3H6.C2H6/c1-6-8-9-11-14-23(3)34(26-15-12-10-13-16-26)22-29(35)32(5)19-20-33(7-2)24(4)27-18-17-25(30)21-28(27)31;1-3-4-2;1-3-2;1-2/h6,8-18,21,23-24H,1,7,19-20,22H2,2-5H3;3H,1,4H2,2H3;3H,1H2,2H3;1-2H3/b9-8-,14-11-;;;. The Kier molecular flexibility index (Phi) is 26.9. The van der Waals surface area contributed by atoms with Crippen LogP contribution in [0.25, 0.3) is 0 Å². The Balaban J connectivity index is 0. The monoisotopic (exact) mass is 641 g/mol. The Hall–Kier alpha value is -3.05. The van der Waals surface area contributed by atoms with Crippen LogP contribution in [0.1, 0.15) is 66.5 Å². The summed E-state index contributed by atoms with van der Waals surface area (Å²) >= 11 is 12.5. The van der Waals surface area contributed by atoms with Gasteiger partial charge in [0.2, 0.25) is 5.91 Å². The molecule has 4 nitrogen and oxygen atoms in total. The van der Waals surface area contributed by atoms with Crippen molar-refractivity contribution in [1.82, 2.24) is 9.80 Å². The maximum Gasteiger partial charge on any atom is 0.241 e. The molecular formula is C38H57Cl2N3O. The molecule has 44 heavy (non-hydrogen) atoms. The molecular weight excluding hydrogens is 585 g/mol. The molecule has 2 aromatic carbocycles. The first-order valence-electron chi connectivity index (χ1n) is 15.5. The summed E-state index contributed by atoms with van der Waals surface area (Å²) in [5.41, 5.74) is 2.05. The Bertz CT molecular complexity index is 1110. The first-order valence-corrected chi connectivity index (χ1v) is 16.3. The van der Waals surface area contributed by atoms with Crippen LogP contribution in [0.15, 0.2) is 111 Å². The summed E-state index contributed by atoms with van der Waals surface area (Å²) in [5, 5.41) is 1.29. The van der Waals surface area contributed by atoms with Crippen LogP contribution in [0.4, 0.5) is 5.69 Å². The van der Waals surface area contributed by atoms with Crippen molar-refractivity contribution in [2.24, 2.45) is 0 Å². The van der Waals surface area contributed by atoms with Crippen molar-refractivity contribution in [2.75, 3.05) is 38.1 Å². The van der Waals surface area contributed by atoms with Crippen LogP contribution in [0.5, 0.6) is 0 Å². The van der Waals surface area contributed by atoms with Gasteiger partial charge in [-0.05, 0) is 63.6 Å². The lowest BCUT2D eigenvalue weighted by Crippen LogP contribution is -2.44. The number of nitrogens with zero attached hydrogens (tertiary/aromatic N) is 3. The van der Waals surface area contributed by atoms with Gasteiger partial charge in [-0.25, -0.2) is 0 Å². The van der Waals surface area contributed by atoms with Gasteiger partial charge in [-0.2, -0.15) is 0 Å². The summed E-state index contributed by atoms with van der Waals surface area (Å²) in [6.07, 6.45) is 14.3. The van der Waals surface area contributed by atoms with E-state index in [1.807, 2.05) is 99.5 Å². The first-order chi connectivity index (χ1) is 21.1. The molecule has 244 valence electrons. The van der Waals surface area contributed by atoms with Gasteiger partial charge in [-0.1, -0.05) is 124 Å². The molecule has 0 spiro atoms. The number of carbonyl (C=O) groups is 1. The van der Waals surface area contributed by atoms with Crippen LogP contribution in [0.2, 0.25) is 10.0 Å². The highest BCUT2D eigenvalue weighted by Crippen LogP contribution is 2.29. The third-order valence-corrected chi connectivity index (χ3v) is 7.00. The van der Waals surface area contributed by atoms with Gasteiger partial charge in [-0.3, -0.25) is 9.69 Å². The predicted molar refractivity (Wildman–Crippen MR) is 199 cm³/mol. The lowest BCUT2D eigenvalue weighted by atomic mass is 10.1. The molecule has 0 N–H and O–H groups in total. The largest absolute Gasteiger partial charge is 0.356 e. The molecule has 0 aliphatic heterocycles. The fourth-order valence-corrected chi connectivity index (χ4v) is 4.46. The molecule has 2 aromatic rings. The van der Waals surface area contributed by atoms with Gasteiger partial charge in [-0.15, -0.1) is 13.2 Å². The first kappa shape index (κ1) is 43.1. The van der Waals surface area contributed by atoms with E-state index in [4.69, 9.17) is 23.2 Å². The second-order valence-corrected chi connectivity index (χ2v) is 10.4. The molecule has 0 saturated carbocycles. The quantitative estimate of drug-likeness (QED) is 0.152. The summed E-state index contributed by atoms with van der Waals surface area (Å²) in [4.78, 5) is 19.5. The zero-order valence-electron chi connectivity index (χ0n) is 28.5. The maximum atomic E-state index is 13.2. The van der Waals surface area contributed by atoms with Crippen LogP contribution in [-0.4, -0.2) is 55.0 Å². The Morgan fingerprint density at radius 1 is 0.932 bits per heavy atom. The van der Waals surface area contributed by atoms with Crippen LogP contribution in [0.3, 0.4) is 0 Å². The normalized spacial score (nSPS) is 11.6. The van der Waals surface area contributed by atoms with Gasteiger partial charge in [0.15, 0.2) is 0 Å². The molecule has 2 rings (SSSR count). The van der Waals surface area contributed by atoms with E-state index in [1.54, 1.807) is 18.2 Å². The van der Waals surface area contributed by atoms with Crippen molar-refractivity contribution in [3.8, 4) is 0 Å². The summed E-state index contributed by atoms with van der Waals surface area (Å²) in [7, 11) is 1.87. The second kappa shape index (κ2) is 27.5. The minimum Gasteiger partial charge on any atom is -0.356 e. The van der Waals surface area contributed by atoms with Gasteiger partial charge < -0.3 is 9.80 Å². The number of para-hydroxylation sites is 1. The summed E-state index contributed by atoms with van der Waals surface area (Å²) in [5.74, 6) is 0.0731. The molecule has 0 bridgehead atoms. The van der Waals surface area contributed by atoms with E-state index in [-0.39, 0.29) is 18.0 Å². The zero-order chi connectivity index (χ0) is 33.9. The van der Waals surface area contributed by atoms with Crippen molar-refractivity contribution in [1.29, 1.82) is 0 Å². The molecule has 6 heteroatoms. The van der Waals surface area contributed by atoms with Gasteiger partial charge in [0.25, 0.3) is 0 Å². The second-order valence-electron chi connectivity index (χ2n) is 9.60. The number of likely N-dealkylation sites (N-methyl/N-ethyl adjacent to an activating group) is 2. The van der Waals surface area contributed by atoms with Gasteiger partial charge >= 0.3 is 0 Å². The molecule has 0 aliphatic carbocycles. The number of halogens is 2. The summed E-state index contributed by atoms with van der Waals surface area (Å²) in [6, 6.07) is 15.8. The average molecular weight is 643 g/mol. The topological polar surface area (TPSA) is 26.8 Å². The van der Waals surface area contributed by atoms with Crippen molar-refractivity contribution < 1.29 is 4.79 Å². The molecule has 2 unspecified atom stereocenters. The molecule has 0 aromatic heterocycles. The fourth-order valence-electron chi connectivity index (χ4n) is 3.89. The van der Waals surface area contributed by atoms with E-state index >= 15 is 0 Å². The minimum atomic E-state index is 0.0448. The number of rotatable bonds is 14. The van der Waals surface area contributed by atoms with Crippen molar-refractivity contribution in [3.63, 3.8) is 0 Å². The van der Waals surface area contributed by atoms with Crippen LogP contribution < -0.4 is 4.90 Å². The zero-order valence-corrected chi connectivity index (χ0v) is 30.0. The summed E-state index contributed by atoms with van der Waals surface area (Å²) < 4.78 is 0. The number of benzene rings is 2. The minimum absolute atomic E-state index is 0.0448. The number of carbonyl (C=O) groups excluding carboxylic acids is 1. The SMILES string of the molecule is C=C/C=C\C=C/C(C)N(CC(=O)N(C)CCN(CC)C(C)c1ccc(Cl)cc1Cl)c1ccccc1.C=CC.C=CCC.CC. The van der Waals surface area contributed by atoms with Crippen LogP contribution in [0, 0.1) is 0 Å². The molecule has 1 amide bonds. The lowest BCUT2D eigenvalue weighted by molar-refractivity contribution is -0.128. The number of amides is 1. The Morgan fingerprint density at radius 2 is 1.52 bits per heavy atom. The van der Waals surface area contributed by atoms with Crippen LogP contribution >= 0.6 is 23.2 Å². The van der Waals surface area contributed by atoms with Gasteiger partial charge in [0.05, 0.1) is 6.54 Å². The number of hydrogen-bond acceptors (Lipinski definition) is 3. The third kappa shape index (κ3) is 17.9. The molecule has 0 heterocycles. The lowest BCUT2D eigenvalue weighted by Gasteiger charge is -2.33. The van der Waals surface area contributed by atoms with Gasteiger partial charge in [0.1, 0.15) is 0 Å². The smallest absolute Gasteiger partial charge is 0.241 e. The van der Waals surface area contributed by atoms with Gasteiger partial charge in [0, 0.05) is 48.0 Å². The van der Waals surface area contributed by atoms with E-state index < -0.39 is 0 Å². The third-order valence-electron chi connectivity index (χ3n) is 6.44. The van der Waals surface area contributed by atoms with Crippen molar-refractivity contribution in [2.45, 2.75) is 67.0 Å². The molecule has 0 aliphatic rings. The summed E-state index contributed by atoms with van der Waals surface area (Å²) in [6.45, 7) is 27.3. The Morgan fingerprint density at radius 3 is 2.02 bits per heavy atom. The fraction of sp³-hybridized carbons (Fsp3) is 0.395. The van der Waals surface area contributed by atoms with Crippen molar-refractivity contribution >= 4 is 34.8 Å². The molecule has 2 atom stereocenters. The van der Waals surface area contributed by atoms with Crippen molar-refractivity contribution in [3.05, 3.63) is 126 Å².